The largest absolute Gasteiger partial charge is 0.340 e. The lowest BCUT2D eigenvalue weighted by atomic mass is 10.0. The van der Waals surface area contributed by atoms with E-state index in [-0.39, 0.29) is 17.7 Å². The molecule has 140 valence electrons. The van der Waals surface area contributed by atoms with Gasteiger partial charge in [0.25, 0.3) is 5.91 Å². The SMILES string of the molecule is Cc1ccc2nc(NC(=O)C(NC(=O)c3ccccc3Cl)C(C)C)sc2c1. The van der Waals surface area contributed by atoms with Gasteiger partial charge >= 0.3 is 0 Å². The molecule has 0 bridgehead atoms. The van der Waals surface area contributed by atoms with Crippen molar-refractivity contribution in [2.24, 2.45) is 5.92 Å². The van der Waals surface area contributed by atoms with Crippen LogP contribution in [0.3, 0.4) is 0 Å². The van der Waals surface area contributed by atoms with Crippen LogP contribution in [-0.4, -0.2) is 22.8 Å². The van der Waals surface area contributed by atoms with Gasteiger partial charge in [0, 0.05) is 0 Å². The molecule has 0 aliphatic rings. The minimum absolute atomic E-state index is 0.104. The van der Waals surface area contributed by atoms with Gasteiger partial charge < -0.3 is 10.6 Å². The van der Waals surface area contributed by atoms with Crippen LogP contribution in [0.15, 0.2) is 42.5 Å². The van der Waals surface area contributed by atoms with Gasteiger partial charge in [-0.05, 0) is 42.7 Å². The second kappa shape index (κ2) is 8.06. The Bertz CT molecular complexity index is 1000. The van der Waals surface area contributed by atoms with Crippen LogP contribution in [0.25, 0.3) is 10.2 Å². The number of amides is 2. The van der Waals surface area contributed by atoms with Crippen molar-refractivity contribution in [3.8, 4) is 0 Å². The fourth-order valence-electron chi connectivity index (χ4n) is 2.67. The van der Waals surface area contributed by atoms with E-state index in [1.54, 1.807) is 24.3 Å². The first-order chi connectivity index (χ1) is 12.8. The number of hydrogen-bond acceptors (Lipinski definition) is 4. The molecule has 0 saturated heterocycles. The Labute approximate surface area is 166 Å². The summed E-state index contributed by atoms with van der Waals surface area (Å²) in [7, 11) is 0. The first kappa shape index (κ1) is 19.3. The highest BCUT2D eigenvalue weighted by molar-refractivity contribution is 7.22. The van der Waals surface area contributed by atoms with E-state index in [2.05, 4.69) is 15.6 Å². The predicted octanol–water partition coefficient (Wildman–Crippen LogP) is 4.65. The monoisotopic (exact) mass is 401 g/mol. The van der Waals surface area contributed by atoms with E-state index in [1.807, 2.05) is 39.0 Å². The number of benzene rings is 2. The molecule has 1 atom stereocenters. The summed E-state index contributed by atoms with van der Waals surface area (Å²) in [6, 6.07) is 12.0. The number of nitrogens with one attached hydrogen (secondary N) is 2. The molecule has 0 aliphatic heterocycles. The number of hydrogen-bond donors (Lipinski definition) is 2. The Morgan fingerprint density at radius 3 is 2.59 bits per heavy atom. The van der Waals surface area contributed by atoms with Gasteiger partial charge in [0.05, 0.1) is 20.8 Å². The molecule has 7 heteroatoms. The van der Waals surface area contributed by atoms with Gasteiger partial charge in [-0.15, -0.1) is 0 Å². The Morgan fingerprint density at radius 2 is 1.89 bits per heavy atom. The van der Waals surface area contributed by atoms with Crippen LogP contribution in [0.4, 0.5) is 5.13 Å². The third-order valence-corrected chi connectivity index (χ3v) is 5.39. The number of carbonyl (C=O) groups excluding carboxylic acids is 2. The van der Waals surface area contributed by atoms with Crippen molar-refractivity contribution in [3.63, 3.8) is 0 Å². The van der Waals surface area contributed by atoms with Gasteiger partial charge in [0.15, 0.2) is 5.13 Å². The quantitative estimate of drug-likeness (QED) is 0.653. The molecule has 1 unspecified atom stereocenters. The topological polar surface area (TPSA) is 71.1 Å². The fourth-order valence-corrected chi connectivity index (χ4v) is 3.86. The van der Waals surface area contributed by atoms with Crippen molar-refractivity contribution < 1.29 is 9.59 Å². The van der Waals surface area contributed by atoms with Crippen LogP contribution in [0.5, 0.6) is 0 Å². The molecule has 1 aromatic heterocycles. The average molecular weight is 402 g/mol. The number of anilines is 1. The summed E-state index contributed by atoms with van der Waals surface area (Å²) in [5.74, 6) is -0.788. The Kier molecular flexibility index (Phi) is 5.77. The van der Waals surface area contributed by atoms with Crippen molar-refractivity contribution in [1.82, 2.24) is 10.3 Å². The highest BCUT2D eigenvalue weighted by Gasteiger charge is 2.26. The molecule has 0 spiro atoms. The van der Waals surface area contributed by atoms with E-state index in [1.165, 1.54) is 11.3 Å². The molecule has 3 aromatic rings. The number of nitrogens with zero attached hydrogens (tertiary/aromatic N) is 1. The fraction of sp³-hybridized carbons (Fsp3) is 0.250. The number of halogens is 1. The van der Waals surface area contributed by atoms with Crippen molar-refractivity contribution in [2.45, 2.75) is 26.8 Å². The normalized spacial score (nSPS) is 12.2. The number of fused-ring (bicyclic) bond motifs is 1. The zero-order valence-electron chi connectivity index (χ0n) is 15.2. The van der Waals surface area contributed by atoms with Crippen molar-refractivity contribution >= 4 is 50.1 Å². The Morgan fingerprint density at radius 1 is 1.15 bits per heavy atom. The highest BCUT2D eigenvalue weighted by atomic mass is 35.5. The average Bonchev–Trinajstić information content (AvgIpc) is 3.00. The Hall–Kier alpha value is -2.44. The van der Waals surface area contributed by atoms with Gasteiger partial charge in [0.2, 0.25) is 5.91 Å². The maximum atomic E-state index is 12.8. The number of carbonyl (C=O) groups is 2. The second-order valence-electron chi connectivity index (χ2n) is 6.65. The van der Waals surface area contributed by atoms with E-state index in [0.717, 1.165) is 15.8 Å². The minimum Gasteiger partial charge on any atom is -0.340 e. The van der Waals surface area contributed by atoms with E-state index in [4.69, 9.17) is 11.6 Å². The van der Waals surface area contributed by atoms with Gasteiger partial charge in [-0.1, -0.05) is 55.0 Å². The van der Waals surface area contributed by atoms with Gasteiger partial charge in [-0.25, -0.2) is 4.98 Å². The molecule has 2 aromatic carbocycles. The van der Waals surface area contributed by atoms with Crippen LogP contribution >= 0.6 is 22.9 Å². The summed E-state index contributed by atoms with van der Waals surface area (Å²) < 4.78 is 1.01. The van der Waals surface area contributed by atoms with Crippen molar-refractivity contribution in [2.75, 3.05) is 5.32 Å². The van der Waals surface area contributed by atoms with E-state index < -0.39 is 6.04 Å². The summed E-state index contributed by atoms with van der Waals surface area (Å²) >= 11 is 7.49. The van der Waals surface area contributed by atoms with Crippen LogP contribution in [0.1, 0.15) is 29.8 Å². The lowest BCUT2D eigenvalue weighted by Crippen LogP contribution is -2.47. The minimum atomic E-state index is -0.706. The second-order valence-corrected chi connectivity index (χ2v) is 8.09. The van der Waals surface area contributed by atoms with Crippen LogP contribution in [-0.2, 0) is 4.79 Å². The molecule has 0 fully saturated rings. The summed E-state index contributed by atoms with van der Waals surface area (Å²) in [4.78, 5) is 29.7. The standard InChI is InChI=1S/C20H20ClN3O2S/c1-11(2)17(23-18(25)13-6-4-5-7-14(13)21)19(26)24-20-22-15-9-8-12(3)10-16(15)27-20/h4-11,17H,1-3H3,(H,23,25)(H,22,24,26). The van der Waals surface area contributed by atoms with Crippen molar-refractivity contribution in [3.05, 3.63) is 58.6 Å². The molecule has 2 N–H and O–H groups in total. The molecule has 0 radical (unpaired) electrons. The number of aromatic nitrogens is 1. The van der Waals surface area contributed by atoms with Crippen LogP contribution in [0.2, 0.25) is 5.02 Å². The molecule has 0 aliphatic carbocycles. The number of thiazole rings is 1. The van der Waals surface area contributed by atoms with E-state index >= 15 is 0 Å². The maximum Gasteiger partial charge on any atom is 0.253 e. The molecule has 0 saturated carbocycles. The first-order valence-corrected chi connectivity index (χ1v) is 9.78. The number of rotatable bonds is 5. The third-order valence-electron chi connectivity index (χ3n) is 4.13. The van der Waals surface area contributed by atoms with E-state index in [0.29, 0.717) is 15.7 Å². The molecule has 27 heavy (non-hydrogen) atoms. The summed E-state index contributed by atoms with van der Waals surface area (Å²) in [6.45, 7) is 5.76. The van der Waals surface area contributed by atoms with Crippen LogP contribution < -0.4 is 10.6 Å². The summed E-state index contributed by atoms with van der Waals surface area (Å²) in [5, 5.41) is 6.46. The summed E-state index contributed by atoms with van der Waals surface area (Å²) in [5.41, 5.74) is 2.31. The van der Waals surface area contributed by atoms with Gasteiger partial charge in [-0.2, -0.15) is 0 Å². The van der Waals surface area contributed by atoms with Crippen LogP contribution in [0, 0.1) is 12.8 Å². The lowest BCUT2D eigenvalue weighted by Gasteiger charge is -2.21. The zero-order valence-corrected chi connectivity index (χ0v) is 16.8. The molecule has 3 rings (SSSR count). The lowest BCUT2D eigenvalue weighted by molar-refractivity contribution is -0.118. The van der Waals surface area contributed by atoms with Crippen molar-refractivity contribution in [1.29, 1.82) is 0 Å². The smallest absolute Gasteiger partial charge is 0.253 e. The molecular weight excluding hydrogens is 382 g/mol. The Balaban J connectivity index is 1.76. The molecule has 1 heterocycles. The zero-order chi connectivity index (χ0) is 19.6. The summed E-state index contributed by atoms with van der Waals surface area (Å²) in [6.07, 6.45) is 0. The van der Waals surface area contributed by atoms with Gasteiger partial charge in [0.1, 0.15) is 6.04 Å². The maximum absolute atomic E-state index is 12.8. The third kappa shape index (κ3) is 4.46. The molecule has 2 amide bonds. The molecular formula is C20H20ClN3O2S. The number of aryl methyl sites for hydroxylation is 1. The first-order valence-electron chi connectivity index (χ1n) is 8.58. The molecule has 5 nitrogen and oxygen atoms in total. The highest BCUT2D eigenvalue weighted by Crippen LogP contribution is 2.27. The predicted molar refractivity (Wildman–Crippen MR) is 111 cm³/mol. The van der Waals surface area contributed by atoms with E-state index in [9.17, 15) is 9.59 Å². The van der Waals surface area contributed by atoms with Gasteiger partial charge in [-0.3, -0.25) is 9.59 Å².